The molecule has 0 aliphatic heterocycles. The average molecular weight is 533 g/mol. The van der Waals surface area contributed by atoms with Gasteiger partial charge in [-0.05, 0) is 44.9 Å². The standard InChI is InChI=1S/C36H68O2/c1-2-3-4-5-6-7-8-9-10-11-12-13-14-15-16-17-18-19-20-21-22-23-24-25-26-27-28-29-30-31-32-33-34-35-36(37)38/h2,27-28H,1,3-26,29-35H2,(H,37,38). The van der Waals surface area contributed by atoms with Crippen LogP contribution in [0, 0.1) is 0 Å². The van der Waals surface area contributed by atoms with Gasteiger partial charge in [-0.25, -0.2) is 0 Å². The number of allylic oxidation sites excluding steroid dienone is 3. The molecule has 0 radical (unpaired) electrons. The van der Waals surface area contributed by atoms with Crippen molar-refractivity contribution in [3.8, 4) is 0 Å². The Hall–Kier alpha value is -1.05. The quantitative estimate of drug-likeness (QED) is 0.0674. The summed E-state index contributed by atoms with van der Waals surface area (Å²) >= 11 is 0. The summed E-state index contributed by atoms with van der Waals surface area (Å²) in [4.78, 5) is 10.5. The molecule has 0 saturated heterocycles. The van der Waals surface area contributed by atoms with Crippen LogP contribution in [0.2, 0.25) is 0 Å². The predicted octanol–water partition coefficient (Wildman–Crippen LogP) is 12.9. The van der Waals surface area contributed by atoms with Crippen molar-refractivity contribution in [2.45, 2.75) is 199 Å². The van der Waals surface area contributed by atoms with E-state index in [0.29, 0.717) is 6.42 Å². The molecule has 2 heteroatoms. The fourth-order valence-corrected chi connectivity index (χ4v) is 5.39. The monoisotopic (exact) mass is 533 g/mol. The minimum atomic E-state index is -0.660. The molecule has 38 heavy (non-hydrogen) atoms. The van der Waals surface area contributed by atoms with Gasteiger partial charge in [0.05, 0.1) is 0 Å². The maximum Gasteiger partial charge on any atom is 0.303 e. The molecule has 0 saturated carbocycles. The smallest absolute Gasteiger partial charge is 0.303 e. The summed E-state index contributed by atoms with van der Waals surface area (Å²) in [5.74, 6) is -0.660. The lowest BCUT2D eigenvalue weighted by Gasteiger charge is -2.04. The largest absolute Gasteiger partial charge is 0.481 e. The molecular formula is C36H68O2. The predicted molar refractivity (Wildman–Crippen MR) is 170 cm³/mol. The average Bonchev–Trinajstić information content (AvgIpc) is 2.91. The summed E-state index contributed by atoms with van der Waals surface area (Å²) < 4.78 is 0. The molecule has 224 valence electrons. The Morgan fingerprint density at radius 1 is 0.395 bits per heavy atom. The van der Waals surface area contributed by atoms with Crippen LogP contribution in [0.25, 0.3) is 0 Å². The molecule has 0 heterocycles. The number of carbonyl (C=O) groups is 1. The first-order chi connectivity index (χ1) is 18.8. The zero-order valence-corrected chi connectivity index (χ0v) is 25.7. The van der Waals surface area contributed by atoms with E-state index in [-0.39, 0.29) is 0 Å². The van der Waals surface area contributed by atoms with E-state index in [4.69, 9.17) is 5.11 Å². The van der Waals surface area contributed by atoms with E-state index >= 15 is 0 Å². The number of hydrogen-bond donors (Lipinski definition) is 1. The van der Waals surface area contributed by atoms with Gasteiger partial charge in [0.25, 0.3) is 0 Å². The van der Waals surface area contributed by atoms with Gasteiger partial charge in [0.1, 0.15) is 0 Å². The van der Waals surface area contributed by atoms with E-state index in [9.17, 15) is 4.79 Å². The fourth-order valence-electron chi connectivity index (χ4n) is 5.39. The molecule has 0 atom stereocenters. The molecule has 0 aliphatic carbocycles. The number of carboxylic acids is 1. The topological polar surface area (TPSA) is 37.3 Å². The second kappa shape index (κ2) is 34.0. The summed E-state index contributed by atoms with van der Waals surface area (Å²) in [6.07, 6.45) is 48.0. The van der Waals surface area contributed by atoms with Gasteiger partial charge >= 0.3 is 5.97 Å². The Morgan fingerprint density at radius 2 is 0.632 bits per heavy atom. The van der Waals surface area contributed by atoms with Crippen LogP contribution >= 0.6 is 0 Å². The maximum absolute atomic E-state index is 10.5. The van der Waals surface area contributed by atoms with Crippen LogP contribution in [0.4, 0.5) is 0 Å². The molecule has 2 nitrogen and oxygen atoms in total. The summed E-state index contributed by atoms with van der Waals surface area (Å²) in [5.41, 5.74) is 0. The van der Waals surface area contributed by atoms with Crippen LogP contribution in [-0.4, -0.2) is 11.1 Å². The molecule has 0 amide bonds. The van der Waals surface area contributed by atoms with Crippen molar-refractivity contribution in [1.82, 2.24) is 0 Å². The van der Waals surface area contributed by atoms with E-state index in [0.717, 1.165) is 12.8 Å². The summed E-state index contributed by atoms with van der Waals surface area (Å²) in [5, 5.41) is 8.62. The second-order valence-corrected chi connectivity index (χ2v) is 11.8. The highest BCUT2D eigenvalue weighted by Gasteiger charge is 1.97. The summed E-state index contributed by atoms with van der Waals surface area (Å²) in [7, 11) is 0. The number of carboxylic acid groups (broad SMARTS) is 1. The van der Waals surface area contributed by atoms with Gasteiger partial charge in [-0.3, -0.25) is 4.79 Å². The van der Waals surface area contributed by atoms with E-state index < -0.39 is 5.97 Å². The minimum absolute atomic E-state index is 0.332. The van der Waals surface area contributed by atoms with E-state index in [2.05, 4.69) is 18.7 Å². The van der Waals surface area contributed by atoms with Gasteiger partial charge in [-0.1, -0.05) is 166 Å². The molecule has 0 aromatic heterocycles. The number of rotatable bonds is 33. The summed E-state index contributed by atoms with van der Waals surface area (Å²) in [6.45, 7) is 3.79. The molecule has 0 bridgehead atoms. The van der Waals surface area contributed by atoms with Crippen LogP contribution in [0.15, 0.2) is 24.8 Å². The second-order valence-electron chi connectivity index (χ2n) is 11.8. The van der Waals surface area contributed by atoms with Crippen molar-refractivity contribution in [1.29, 1.82) is 0 Å². The highest BCUT2D eigenvalue weighted by molar-refractivity contribution is 5.66. The van der Waals surface area contributed by atoms with Crippen LogP contribution in [-0.2, 0) is 4.79 Å². The lowest BCUT2D eigenvalue weighted by Crippen LogP contribution is -1.93. The highest BCUT2D eigenvalue weighted by Crippen LogP contribution is 2.16. The van der Waals surface area contributed by atoms with Gasteiger partial charge in [-0.2, -0.15) is 0 Å². The molecule has 0 aliphatic rings. The number of hydrogen-bond acceptors (Lipinski definition) is 1. The van der Waals surface area contributed by atoms with Gasteiger partial charge in [-0.15, -0.1) is 6.58 Å². The Bertz CT molecular complexity index is 496. The first-order valence-electron chi connectivity index (χ1n) is 17.2. The minimum Gasteiger partial charge on any atom is -0.481 e. The molecule has 0 fully saturated rings. The molecule has 1 N–H and O–H groups in total. The normalized spacial score (nSPS) is 11.5. The SMILES string of the molecule is C=CCCCCCCCCCCCCCCCCCCCCCCCCC=CCCCCCCCC(=O)O. The fraction of sp³-hybridized carbons (Fsp3) is 0.861. The van der Waals surface area contributed by atoms with Gasteiger partial charge < -0.3 is 5.11 Å². The van der Waals surface area contributed by atoms with E-state index in [1.54, 1.807) is 0 Å². The lowest BCUT2D eigenvalue weighted by molar-refractivity contribution is -0.137. The number of aliphatic carboxylic acids is 1. The third kappa shape index (κ3) is 35.0. The van der Waals surface area contributed by atoms with E-state index in [1.807, 2.05) is 6.08 Å². The third-order valence-electron chi connectivity index (χ3n) is 7.96. The zero-order chi connectivity index (χ0) is 27.6. The van der Waals surface area contributed by atoms with Crippen molar-refractivity contribution in [2.75, 3.05) is 0 Å². The van der Waals surface area contributed by atoms with Crippen molar-refractivity contribution in [3.63, 3.8) is 0 Å². The van der Waals surface area contributed by atoms with E-state index in [1.165, 1.54) is 180 Å². The molecular weight excluding hydrogens is 464 g/mol. The maximum atomic E-state index is 10.5. The zero-order valence-electron chi connectivity index (χ0n) is 25.7. The van der Waals surface area contributed by atoms with Gasteiger partial charge in [0, 0.05) is 6.42 Å². The first-order valence-corrected chi connectivity index (χ1v) is 17.2. The molecule has 0 unspecified atom stereocenters. The van der Waals surface area contributed by atoms with Crippen molar-refractivity contribution in [3.05, 3.63) is 24.8 Å². The third-order valence-corrected chi connectivity index (χ3v) is 7.96. The Morgan fingerprint density at radius 3 is 0.895 bits per heavy atom. The van der Waals surface area contributed by atoms with Crippen LogP contribution in [0.3, 0.4) is 0 Å². The molecule has 0 spiro atoms. The number of unbranched alkanes of at least 4 members (excludes halogenated alkanes) is 28. The van der Waals surface area contributed by atoms with Gasteiger partial charge in [0.2, 0.25) is 0 Å². The Balaban J connectivity index is 3.08. The molecule has 0 aromatic rings. The van der Waals surface area contributed by atoms with Crippen LogP contribution in [0.1, 0.15) is 199 Å². The van der Waals surface area contributed by atoms with Crippen molar-refractivity contribution < 1.29 is 9.90 Å². The van der Waals surface area contributed by atoms with Crippen molar-refractivity contribution >= 4 is 5.97 Å². The van der Waals surface area contributed by atoms with Gasteiger partial charge in [0.15, 0.2) is 0 Å². The van der Waals surface area contributed by atoms with Crippen LogP contribution in [0.5, 0.6) is 0 Å². The Labute approximate surface area is 239 Å². The molecule has 0 aromatic carbocycles. The Kier molecular flexibility index (Phi) is 33.0. The first kappa shape index (κ1) is 37.0. The van der Waals surface area contributed by atoms with Crippen LogP contribution < -0.4 is 0 Å². The highest BCUT2D eigenvalue weighted by atomic mass is 16.4. The molecule has 0 rings (SSSR count). The summed E-state index contributed by atoms with van der Waals surface area (Å²) in [6, 6.07) is 0. The van der Waals surface area contributed by atoms with Crippen molar-refractivity contribution in [2.24, 2.45) is 0 Å². The lowest BCUT2D eigenvalue weighted by atomic mass is 10.0.